The number of likely N-dealkylation sites (tertiary alicyclic amines) is 1. The molecular weight excluding hydrogens is 160 g/mol. The van der Waals surface area contributed by atoms with Gasteiger partial charge in [-0.25, -0.2) is 0 Å². The Morgan fingerprint density at radius 1 is 1.73 bits per heavy atom. The van der Waals surface area contributed by atoms with E-state index in [2.05, 4.69) is 10.2 Å². The molecule has 1 saturated heterocycles. The summed E-state index contributed by atoms with van der Waals surface area (Å²) < 4.78 is 0. The van der Waals surface area contributed by atoms with Gasteiger partial charge in [-0.2, -0.15) is 0 Å². The molecule has 1 aliphatic rings. The molecule has 0 aromatic rings. The summed E-state index contributed by atoms with van der Waals surface area (Å²) >= 11 is 5.43. The molecule has 0 saturated carbocycles. The van der Waals surface area contributed by atoms with Crippen LogP contribution in [0.1, 0.15) is 6.42 Å². The molecule has 1 heterocycles. The van der Waals surface area contributed by atoms with Crippen LogP contribution in [-0.2, 0) is 0 Å². The lowest BCUT2D eigenvalue weighted by atomic mass is 10.3. The van der Waals surface area contributed by atoms with E-state index >= 15 is 0 Å². The number of hydrogen-bond donors (Lipinski definition) is 1. The van der Waals surface area contributed by atoms with Crippen molar-refractivity contribution in [2.45, 2.75) is 12.5 Å². The molecular formula is C8H15ClN2. The van der Waals surface area contributed by atoms with Gasteiger partial charge in [-0.1, -0.05) is 17.7 Å². The van der Waals surface area contributed by atoms with Gasteiger partial charge in [0.2, 0.25) is 0 Å². The van der Waals surface area contributed by atoms with Crippen LogP contribution in [-0.4, -0.2) is 37.6 Å². The summed E-state index contributed by atoms with van der Waals surface area (Å²) in [5, 5.41) is 3.27. The Morgan fingerprint density at radius 3 is 3.09 bits per heavy atom. The molecule has 1 aliphatic heterocycles. The van der Waals surface area contributed by atoms with Crippen molar-refractivity contribution >= 4 is 11.6 Å². The van der Waals surface area contributed by atoms with Crippen LogP contribution in [0.5, 0.6) is 0 Å². The van der Waals surface area contributed by atoms with Crippen molar-refractivity contribution in [2.75, 3.05) is 26.7 Å². The van der Waals surface area contributed by atoms with Crippen LogP contribution in [0, 0.1) is 0 Å². The first-order chi connectivity index (χ1) is 5.36. The van der Waals surface area contributed by atoms with Gasteiger partial charge < -0.3 is 5.32 Å². The van der Waals surface area contributed by atoms with Crippen LogP contribution in [0.25, 0.3) is 0 Å². The lowest BCUT2D eigenvalue weighted by Gasteiger charge is -2.12. The van der Waals surface area contributed by atoms with Crippen LogP contribution in [0.3, 0.4) is 0 Å². The van der Waals surface area contributed by atoms with E-state index in [1.165, 1.54) is 13.0 Å². The van der Waals surface area contributed by atoms with Crippen molar-refractivity contribution in [3.63, 3.8) is 0 Å². The molecule has 0 bridgehead atoms. The SMILES string of the molecule is CNC1CCN(C/C=C/Cl)C1. The van der Waals surface area contributed by atoms with Crippen LogP contribution in [0.15, 0.2) is 11.6 Å². The minimum absolute atomic E-state index is 0.679. The highest BCUT2D eigenvalue weighted by atomic mass is 35.5. The predicted octanol–water partition coefficient (Wildman–Crippen LogP) is 1.03. The highest BCUT2D eigenvalue weighted by Crippen LogP contribution is 2.07. The van der Waals surface area contributed by atoms with Crippen molar-refractivity contribution in [1.29, 1.82) is 0 Å². The maximum Gasteiger partial charge on any atom is 0.0204 e. The molecule has 0 amide bonds. The number of nitrogens with one attached hydrogen (secondary N) is 1. The van der Waals surface area contributed by atoms with Crippen molar-refractivity contribution in [3.05, 3.63) is 11.6 Å². The summed E-state index contributed by atoms with van der Waals surface area (Å²) in [5.41, 5.74) is 1.59. The molecule has 64 valence electrons. The van der Waals surface area contributed by atoms with Gasteiger partial charge in [-0.3, -0.25) is 4.90 Å². The average Bonchev–Trinajstić information content (AvgIpc) is 2.48. The topological polar surface area (TPSA) is 15.3 Å². The zero-order chi connectivity index (χ0) is 8.10. The van der Waals surface area contributed by atoms with Gasteiger partial charge in [0, 0.05) is 31.2 Å². The van der Waals surface area contributed by atoms with E-state index < -0.39 is 0 Å². The average molecular weight is 175 g/mol. The smallest absolute Gasteiger partial charge is 0.0204 e. The van der Waals surface area contributed by atoms with Crippen molar-refractivity contribution in [3.8, 4) is 0 Å². The third-order valence-corrected chi connectivity index (χ3v) is 2.31. The quantitative estimate of drug-likeness (QED) is 0.688. The van der Waals surface area contributed by atoms with E-state index in [1.54, 1.807) is 5.54 Å². The van der Waals surface area contributed by atoms with Gasteiger partial charge in [-0.05, 0) is 13.5 Å². The van der Waals surface area contributed by atoms with Gasteiger partial charge in [0.25, 0.3) is 0 Å². The lowest BCUT2D eigenvalue weighted by molar-refractivity contribution is 0.366. The molecule has 2 nitrogen and oxygen atoms in total. The van der Waals surface area contributed by atoms with Gasteiger partial charge in [0.15, 0.2) is 0 Å². The molecule has 11 heavy (non-hydrogen) atoms. The normalized spacial score (nSPS) is 26.9. The molecule has 3 heteroatoms. The van der Waals surface area contributed by atoms with Gasteiger partial charge >= 0.3 is 0 Å². The molecule has 0 aliphatic carbocycles. The Bertz CT molecular complexity index is 136. The van der Waals surface area contributed by atoms with Crippen LogP contribution in [0.2, 0.25) is 0 Å². The molecule has 0 spiro atoms. The maximum absolute atomic E-state index is 5.43. The molecule has 0 radical (unpaired) electrons. The van der Waals surface area contributed by atoms with E-state index in [4.69, 9.17) is 11.6 Å². The first-order valence-electron chi connectivity index (χ1n) is 4.01. The van der Waals surface area contributed by atoms with Crippen molar-refractivity contribution in [1.82, 2.24) is 10.2 Å². The summed E-state index contributed by atoms with van der Waals surface area (Å²) in [5.74, 6) is 0. The monoisotopic (exact) mass is 174 g/mol. The molecule has 1 unspecified atom stereocenters. The third kappa shape index (κ3) is 2.81. The molecule has 0 aromatic carbocycles. The van der Waals surface area contributed by atoms with Crippen LogP contribution >= 0.6 is 11.6 Å². The third-order valence-electron chi connectivity index (χ3n) is 2.13. The van der Waals surface area contributed by atoms with Crippen molar-refractivity contribution in [2.24, 2.45) is 0 Å². The summed E-state index contributed by atoms with van der Waals surface area (Å²) in [6, 6.07) is 0.679. The summed E-state index contributed by atoms with van der Waals surface area (Å²) in [6.07, 6.45) is 3.24. The fourth-order valence-electron chi connectivity index (χ4n) is 1.42. The Kier molecular flexibility index (Phi) is 3.91. The minimum atomic E-state index is 0.679. The number of halogens is 1. The van der Waals surface area contributed by atoms with E-state index in [0.29, 0.717) is 6.04 Å². The number of nitrogens with zero attached hydrogens (tertiary/aromatic N) is 1. The summed E-state index contributed by atoms with van der Waals surface area (Å²) in [4.78, 5) is 2.39. The molecule has 1 fully saturated rings. The second-order valence-electron chi connectivity index (χ2n) is 2.90. The molecule has 1 atom stereocenters. The zero-order valence-electron chi connectivity index (χ0n) is 6.89. The maximum atomic E-state index is 5.43. The summed E-state index contributed by atoms with van der Waals surface area (Å²) in [7, 11) is 2.02. The Labute approximate surface area is 73.2 Å². The largest absolute Gasteiger partial charge is 0.316 e. The number of rotatable bonds is 3. The highest BCUT2D eigenvalue weighted by Gasteiger charge is 2.18. The molecule has 0 aromatic heterocycles. The molecule has 1 N–H and O–H groups in total. The zero-order valence-corrected chi connectivity index (χ0v) is 7.64. The van der Waals surface area contributed by atoms with E-state index in [0.717, 1.165) is 13.1 Å². The second-order valence-corrected chi connectivity index (χ2v) is 3.15. The standard InChI is InChI=1S/C8H15ClN2/c1-10-8-3-6-11(7-8)5-2-4-9/h2,4,8,10H,3,5-7H2,1H3/b4-2+. The fourth-order valence-corrected chi connectivity index (χ4v) is 1.50. The Morgan fingerprint density at radius 2 is 2.55 bits per heavy atom. The van der Waals surface area contributed by atoms with E-state index in [9.17, 15) is 0 Å². The van der Waals surface area contributed by atoms with E-state index in [1.807, 2.05) is 13.1 Å². The lowest BCUT2D eigenvalue weighted by Crippen LogP contribution is -2.29. The number of likely N-dealkylation sites (N-methyl/N-ethyl adjacent to an activating group) is 1. The first-order valence-corrected chi connectivity index (χ1v) is 4.45. The van der Waals surface area contributed by atoms with Gasteiger partial charge in [0.05, 0.1) is 0 Å². The minimum Gasteiger partial charge on any atom is -0.316 e. The summed E-state index contributed by atoms with van der Waals surface area (Å²) in [6.45, 7) is 3.33. The Hall–Kier alpha value is -0.0500. The van der Waals surface area contributed by atoms with Crippen molar-refractivity contribution < 1.29 is 0 Å². The predicted molar refractivity (Wildman–Crippen MR) is 48.9 cm³/mol. The second kappa shape index (κ2) is 4.75. The van der Waals surface area contributed by atoms with Gasteiger partial charge in [-0.15, -0.1) is 0 Å². The highest BCUT2D eigenvalue weighted by molar-refractivity contribution is 6.25. The van der Waals surface area contributed by atoms with E-state index in [-0.39, 0.29) is 0 Å². The Balaban J connectivity index is 2.19. The molecule has 1 rings (SSSR count). The number of hydrogen-bond acceptors (Lipinski definition) is 2. The van der Waals surface area contributed by atoms with Crippen LogP contribution < -0.4 is 5.32 Å². The fraction of sp³-hybridized carbons (Fsp3) is 0.750. The van der Waals surface area contributed by atoms with Crippen LogP contribution in [0.4, 0.5) is 0 Å². The first kappa shape index (κ1) is 9.04. The van der Waals surface area contributed by atoms with Gasteiger partial charge in [0.1, 0.15) is 0 Å².